The minimum absolute atomic E-state index is 0.0935. The first kappa shape index (κ1) is 14.4. The molecule has 1 amide bonds. The van der Waals surface area contributed by atoms with Crippen molar-refractivity contribution in [2.45, 2.75) is 19.8 Å². The molecule has 2 N–H and O–H groups in total. The number of amides is 1. The summed E-state index contributed by atoms with van der Waals surface area (Å²) in [4.78, 5) is 26.5. The summed E-state index contributed by atoms with van der Waals surface area (Å²) < 4.78 is 0. The number of carboxylic acids is 1. The van der Waals surface area contributed by atoms with Gasteiger partial charge in [0.2, 0.25) is 0 Å². The van der Waals surface area contributed by atoms with E-state index in [1.165, 1.54) is 6.07 Å². The number of aromatic nitrogens is 1. The van der Waals surface area contributed by atoms with Gasteiger partial charge in [-0.25, -0.2) is 4.98 Å². The van der Waals surface area contributed by atoms with E-state index in [1.807, 2.05) is 6.92 Å². The number of rotatable bonds is 6. The van der Waals surface area contributed by atoms with Crippen LogP contribution in [0.1, 0.15) is 30.3 Å². The van der Waals surface area contributed by atoms with Crippen molar-refractivity contribution in [1.82, 2.24) is 10.3 Å². The number of halogens is 1. The van der Waals surface area contributed by atoms with E-state index in [0.717, 1.165) is 6.42 Å². The van der Waals surface area contributed by atoms with Gasteiger partial charge in [0.15, 0.2) is 0 Å². The molecule has 5 nitrogen and oxygen atoms in total. The SMILES string of the molecule is CCCC(CNC(=O)c1cccc(Cl)n1)C(=O)O. The van der Waals surface area contributed by atoms with E-state index in [1.54, 1.807) is 12.1 Å². The molecule has 0 aliphatic carbocycles. The first-order valence-corrected chi connectivity index (χ1v) is 6.06. The van der Waals surface area contributed by atoms with Crippen LogP contribution in [0.25, 0.3) is 0 Å². The summed E-state index contributed by atoms with van der Waals surface area (Å²) in [5.74, 6) is -1.89. The van der Waals surface area contributed by atoms with E-state index in [4.69, 9.17) is 16.7 Å². The standard InChI is InChI=1S/C12H15ClN2O3/c1-2-4-8(12(17)18)7-14-11(16)9-5-3-6-10(13)15-9/h3,5-6,8H,2,4,7H2,1H3,(H,14,16)(H,17,18). The molecule has 0 aromatic carbocycles. The predicted octanol–water partition coefficient (Wildman–Crippen LogP) is 1.97. The van der Waals surface area contributed by atoms with Crippen molar-refractivity contribution in [3.05, 3.63) is 29.0 Å². The second-order valence-corrected chi connectivity index (χ2v) is 4.27. The highest BCUT2D eigenvalue weighted by Crippen LogP contribution is 2.07. The Morgan fingerprint density at radius 3 is 2.78 bits per heavy atom. The maximum atomic E-state index is 11.7. The normalized spacial score (nSPS) is 11.9. The fourth-order valence-corrected chi connectivity index (χ4v) is 1.67. The van der Waals surface area contributed by atoms with E-state index in [2.05, 4.69) is 10.3 Å². The number of hydrogen-bond donors (Lipinski definition) is 2. The van der Waals surface area contributed by atoms with Gasteiger partial charge in [-0.15, -0.1) is 0 Å². The van der Waals surface area contributed by atoms with Gasteiger partial charge in [0.1, 0.15) is 10.8 Å². The van der Waals surface area contributed by atoms with Crippen molar-refractivity contribution in [3.8, 4) is 0 Å². The second kappa shape index (κ2) is 6.96. The molecule has 0 bridgehead atoms. The third kappa shape index (κ3) is 4.33. The molecule has 1 rings (SSSR count). The van der Waals surface area contributed by atoms with Crippen LogP contribution < -0.4 is 5.32 Å². The highest BCUT2D eigenvalue weighted by molar-refractivity contribution is 6.29. The zero-order valence-corrected chi connectivity index (χ0v) is 10.8. The van der Waals surface area contributed by atoms with Crippen molar-refractivity contribution in [2.24, 2.45) is 5.92 Å². The summed E-state index contributed by atoms with van der Waals surface area (Å²) in [6, 6.07) is 4.71. The first-order chi connectivity index (χ1) is 8.54. The van der Waals surface area contributed by atoms with Crippen LogP contribution in [-0.4, -0.2) is 28.5 Å². The zero-order chi connectivity index (χ0) is 13.5. The van der Waals surface area contributed by atoms with Gasteiger partial charge in [-0.05, 0) is 18.6 Å². The molecule has 0 spiro atoms. The summed E-state index contributed by atoms with van der Waals surface area (Å²) in [6.45, 7) is 1.99. The maximum Gasteiger partial charge on any atom is 0.308 e. The molecule has 0 aliphatic heterocycles. The topological polar surface area (TPSA) is 79.3 Å². The van der Waals surface area contributed by atoms with Crippen LogP contribution in [0.4, 0.5) is 0 Å². The number of pyridine rings is 1. The Balaban J connectivity index is 2.57. The second-order valence-electron chi connectivity index (χ2n) is 3.88. The van der Waals surface area contributed by atoms with Gasteiger partial charge in [-0.1, -0.05) is 31.0 Å². The highest BCUT2D eigenvalue weighted by atomic mass is 35.5. The summed E-state index contributed by atoms with van der Waals surface area (Å²) >= 11 is 5.67. The van der Waals surface area contributed by atoms with Gasteiger partial charge >= 0.3 is 5.97 Å². The largest absolute Gasteiger partial charge is 0.481 e. The third-order valence-corrected chi connectivity index (χ3v) is 2.65. The van der Waals surface area contributed by atoms with Crippen LogP contribution in [0.3, 0.4) is 0 Å². The van der Waals surface area contributed by atoms with Gasteiger partial charge in [-0.3, -0.25) is 9.59 Å². The number of nitrogens with zero attached hydrogens (tertiary/aromatic N) is 1. The lowest BCUT2D eigenvalue weighted by atomic mass is 10.0. The molecular formula is C12H15ClN2O3. The molecule has 0 aliphatic rings. The Morgan fingerprint density at radius 1 is 1.50 bits per heavy atom. The Labute approximate surface area is 110 Å². The molecule has 1 unspecified atom stereocenters. The zero-order valence-electron chi connectivity index (χ0n) is 10.0. The van der Waals surface area contributed by atoms with E-state index >= 15 is 0 Å². The summed E-state index contributed by atoms with van der Waals surface area (Å²) in [5, 5.41) is 11.7. The number of aliphatic carboxylic acids is 1. The van der Waals surface area contributed by atoms with Crippen molar-refractivity contribution >= 4 is 23.5 Å². The smallest absolute Gasteiger partial charge is 0.308 e. The number of carbonyl (C=O) groups is 2. The van der Waals surface area contributed by atoms with Gasteiger partial charge in [0.05, 0.1) is 5.92 Å². The van der Waals surface area contributed by atoms with Crippen molar-refractivity contribution in [1.29, 1.82) is 0 Å². The molecule has 0 fully saturated rings. The minimum atomic E-state index is -0.906. The summed E-state index contributed by atoms with van der Waals surface area (Å²) in [6.07, 6.45) is 1.28. The fraction of sp³-hybridized carbons (Fsp3) is 0.417. The molecular weight excluding hydrogens is 256 g/mol. The minimum Gasteiger partial charge on any atom is -0.481 e. The molecule has 1 aromatic rings. The van der Waals surface area contributed by atoms with Crippen molar-refractivity contribution in [2.75, 3.05) is 6.54 Å². The van der Waals surface area contributed by atoms with Gasteiger partial charge in [-0.2, -0.15) is 0 Å². The lowest BCUT2D eigenvalue weighted by Crippen LogP contribution is -2.33. The number of hydrogen-bond acceptors (Lipinski definition) is 3. The Bertz CT molecular complexity index is 437. The summed E-state index contributed by atoms with van der Waals surface area (Å²) in [7, 11) is 0. The molecule has 0 saturated carbocycles. The van der Waals surface area contributed by atoms with E-state index in [9.17, 15) is 9.59 Å². The maximum absolute atomic E-state index is 11.7. The van der Waals surface area contributed by atoms with E-state index < -0.39 is 17.8 Å². The highest BCUT2D eigenvalue weighted by Gasteiger charge is 2.18. The number of carboxylic acid groups (broad SMARTS) is 1. The van der Waals surface area contributed by atoms with Crippen LogP contribution in [0.2, 0.25) is 5.15 Å². The lowest BCUT2D eigenvalue weighted by molar-refractivity contribution is -0.141. The Hall–Kier alpha value is -1.62. The first-order valence-electron chi connectivity index (χ1n) is 5.68. The summed E-state index contributed by atoms with van der Waals surface area (Å²) in [5.41, 5.74) is 0.183. The van der Waals surface area contributed by atoms with Gasteiger partial charge < -0.3 is 10.4 Å². The van der Waals surface area contributed by atoms with Crippen LogP contribution in [-0.2, 0) is 4.79 Å². The molecule has 0 radical (unpaired) electrons. The Morgan fingerprint density at radius 2 is 2.22 bits per heavy atom. The van der Waals surface area contributed by atoms with Gasteiger partial charge in [0.25, 0.3) is 5.91 Å². The molecule has 1 heterocycles. The molecule has 1 atom stereocenters. The molecule has 1 aromatic heterocycles. The monoisotopic (exact) mass is 270 g/mol. The average Bonchev–Trinajstić information content (AvgIpc) is 2.33. The molecule has 18 heavy (non-hydrogen) atoms. The molecule has 98 valence electrons. The quantitative estimate of drug-likeness (QED) is 0.775. The van der Waals surface area contributed by atoms with Crippen LogP contribution >= 0.6 is 11.6 Å². The molecule has 0 saturated heterocycles. The van der Waals surface area contributed by atoms with E-state index in [0.29, 0.717) is 6.42 Å². The third-order valence-electron chi connectivity index (χ3n) is 2.44. The van der Waals surface area contributed by atoms with Crippen molar-refractivity contribution in [3.63, 3.8) is 0 Å². The van der Waals surface area contributed by atoms with E-state index in [-0.39, 0.29) is 17.4 Å². The average molecular weight is 271 g/mol. The van der Waals surface area contributed by atoms with Crippen LogP contribution in [0.15, 0.2) is 18.2 Å². The number of nitrogens with one attached hydrogen (secondary N) is 1. The van der Waals surface area contributed by atoms with Gasteiger partial charge in [0, 0.05) is 6.54 Å². The fourth-order valence-electron chi connectivity index (χ4n) is 1.50. The Kier molecular flexibility index (Phi) is 5.58. The number of carbonyl (C=O) groups excluding carboxylic acids is 1. The predicted molar refractivity (Wildman–Crippen MR) is 67.6 cm³/mol. The van der Waals surface area contributed by atoms with Crippen LogP contribution in [0, 0.1) is 5.92 Å². The lowest BCUT2D eigenvalue weighted by Gasteiger charge is -2.12. The van der Waals surface area contributed by atoms with Crippen LogP contribution in [0.5, 0.6) is 0 Å². The molecule has 6 heteroatoms. The van der Waals surface area contributed by atoms with Crippen molar-refractivity contribution < 1.29 is 14.7 Å².